The van der Waals surface area contributed by atoms with E-state index in [2.05, 4.69) is 31.7 Å². The summed E-state index contributed by atoms with van der Waals surface area (Å²) in [5.41, 5.74) is 0.631. The van der Waals surface area contributed by atoms with Gasteiger partial charge in [0.15, 0.2) is 11.7 Å². The molecule has 0 radical (unpaired) electrons. The van der Waals surface area contributed by atoms with E-state index in [1.54, 1.807) is 36.4 Å². The van der Waals surface area contributed by atoms with Crippen molar-refractivity contribution >= 4 is 33.3 Å². The Kier molecular flexibility index (Phi) is 5.19. The van der Waals surface area contributed by atoms with Gasteiger partial charge in [0, 0.05) is 17.0 Å². The molecule has 1 amide bonds. The number of anilines is 2. The fraction of sp³-hybridized carbons (Fsp3) is 0.200. The summed E-state index contributed by atoms with van der Waals surface area (Å²) in [5, 5.41) is 19.3. The van der Waals surface area contributed by atoms with Gasteiger partial charge in [0.05, 0.1) is 11.7 Å². The van der Waals surface area contributed by atoms with Gasteiger partial charge in [-0.25, -0.2) is 4.68 Å². The highest BCUT2D eigenvalue weighted by Gasteiger charge is 2.46. The van der Waals surface area contributed by atoms with E-state index in [9.17, 15) is 23.1 Å². The van der Waals surface area contributed by atoms with E-state index < -0.39 is 24.2 Å². The molecule has 10 heteroatoms. The molecule has 0 fully saturated rings. The highest BCUT2D eigenvalue weighted by molar-refractivity contribution is 9.10. The van der Waals surface area contributed by atoms with Gasteiger partial charge in [0.1, 0.15) is 11.6 Å². The molecule has 0 bridgehead atoms. The maximum atomic E-state index is 13.7. The lowest BCUT2D eigenvalue weighted by molar-refractivity contribution is -0.173. The zero-order chi connectivity index (χ0) is 21.5. The molecule has 30 heavy (non-hydrogen) atoms. The molecular weight excluding hydrogens is 465 g/mol. The first-order valence-corrected chi connectivity index (χ1v) is 9.79. The number of fused-ring (bicyclic) bond motifs is 1. The molecule has 1 aliphatic heterocycles. The summed E-state index contributed by atoms with van der Waals surface area (Å²) in [6, 6.07) is 12.1. The first kappa shape index (κ1) is 20.3. The second-order valence-electron chi connectivity index (χ2n) is 6.88. The zero-order valence-electron chi connectivity index (χ0n) is 15.3. The monoisotopic (exact) mass is 480 g/mol. The predicted molar refractivity (Wildman–Crippen MR) is 109 cm³/mol. The molecule has 156 valence electrons. The van der Waals surface area contributed by atoms with Gasteiger partial charge in [-0.3, -0.25) is 4.79 Å². The molecule has 2 aromatic carbocycles. The number of carbonyl (C=O) groups is 1. The first-order valence-electron chi connectivity index (χ1n) is 9.00. The van der Waals surface area contributed by atoms with E-state index in [4.69, 9.17) is 0 Å². The Morgan fingerprint density at radius 1 is 1.20 bits per heavy atom. The second-order valence-corrected chi connectivity index (χ2v) is 7.79. The Hall–Kier alpha value is -3.01. The number of hydrogen-bond acceptors (Lipinski definition) is 4. The lowest BCUT2D eigenvalue weighted by Crippen LogP contribution is -2.35. The maximum absolute atomic E-state index is 13.7. The van der Waals surface area contributed by atoms with Crippen molar-refractivity contribution in [1.29, 1.82) is 0 Å². The Morgan fingerprint density at radius 2 is 1.93 bits per heavy atom. The summed E-state index contributed by atoms with van der Waals surface area (Å²) in [5.74, 6) is -0.809. The quantitative estimate of drug-likeness (QED) is 0.446. The third kappa shape index (κ3) is 4.00. The van der Waals surface area contributed by atoms with Crippen molar-refractivity contribution in [3.8, 4) is 5.75 Å². The number of nitrogens with one attached hydrogen (secondary N) is 2. The second kappa shape index (κ2) is 7.67. The average molecular weight is 481 g/mol. The fourth-order valence-corrected chi connectivity index (χ4v) is 3.74. The number of alkyl halides is 3. The predicted octanol–water partition coefficient (Wildman–Crippen LogP) is 5.26. The van der Waals surface area contributed by atoms with Gasteiger partial charge < -0.3 is 15.7 Å². The molecule has 3 aromatic rings. The third-order valence-electron chi connectivity index (χ3n) is 4.83. The Balaban J connectivity index is 1.65. The van der Waals surface area contributed by atoms with Crippen molar-refractivity contribution in [3.63, 3.8) is 0 Å². The number of hydrogen-bond donors (Lipinski definition) is 3. The number of aromatic nitrogens is 2. The Bertz CT molecular complexity index is 1090. The molecule has 0 saturated heterocycles. The van der Waals surface area contributed by atoms with Gasteiger partial charge in [0.2, 0.25) is 0 Å². The smallest absolute Gasteiger partial charge is 0.410 e. The van der Waals surface area contributed by atoms with Crippen LogP contribution in [0.4, 0.5) is 24.7 Å². The normalized spacial score (nSPS) is 18.4. The fourth-order valence-electron chi connectivity index (χ4n) is 3.38. The number of nitrogens with zero attached hydrogens (tertiary/aromatic N) is 2. The standard InChI is InChI=1S/C20H16BrF3N4O2/c21-12-6-7-16(29)14(8-12)26-19(30)15-10-18-25-13(11-4-2-1-3-5-11)9-17(20(22,23)24)28(18)27-15/h1-8,10,13,17,25,29H,9H2,(H,26,30)/t13-,17-/m0/s1. The van der Waals surface area contributed by atoms with Crippen LogP contribution in [0.1, 0.15) is 34.6 Å². The highest BCUT2D eigenvalue weighted by atomic mass is 79.9. The molecule has 3 N–H and O–H groups in total. The number of phenols is 1. The largest absolute Gasteiger partial charge is 0.506 e. The van der Waals surface area contributed by atoms with Crippen LogP contribution in [-0.4, -0.2) is 27.0 Å². The molecule has 1 aromatic heterocycles. The van der Waals surface area contributed by atoms with E-state index in [0.29, 0.717) is 10.0 Å². The van der Waals surface area contributed by atoms with Crippen LogP contribution in [0.3, 0.4) is 0 Å². The van der Waals surface area contributed by atoms with Crippen molar-refractivity contribution in [1.82, 2.24) is 9.78 Å². The zero-order valence-corrected chi connectivity index (χ0v) is 16.9. The molecular formula is C20H16BrF3N4O2. The number of amides is 1. The van der Waals surface area contributed by atoms with Gasteiger partial charge in [-0.2, -0.15) is 18.3 Å². The molecule has 2 heterocycles. The van der Waals surface area contributed by atoms with Gasteiger partial charge >= 0.3 is 6.18 Å². The Morgan fingerprint density at radius 3 is 2.63 bits per heavy atom. The van der Waals surface area contributed by atoms with Crippen LogP contribution in [0.5, 0.6) is 5.75 Å². The summed E-state index contributed by atoms with van der Waals surface area (Å²) in [6.45, 7) is 0. The number of carbonyl (C=O) groups excluding carboxylic acids is 1. The van der Waals surface area contributed by atoms with Gasteiger partial charge in [-0.15, -0.1) is 0 Å². The van der Waals surface area contributed by atoms with E-state index in [0.717, 1.165) is 4.68 Å². The van der Waals surface area contributed by atoms with Crippen molar-refractivity contribution < 1.29 is 23.1 Å². The van der Waals surface area contributed by atoms with E-state index in [1.165, 1.54) is 18.2 Å². The Labute approximate surface area is 177 Å². The summed E-state index contributed by atoms with van der Waals surface area (Å²) in [7, 11) is 0. The van der Waals surface area contributed by atoms with Crippen molar-refractivity contribution in [2.75, 3.05) is 10.6 Å². The van der Waals surface area contributed by atoms with Crippen LogP contribution >= 0.6 is 15.9 Å². The average Bonchev–Trinajstić information content (AvgIpc) is 3.14. The molecule has 0 spiro atoms. The van der Waals surface area contributed by atoms with E-state index in [1.807, 2.05) is 0 Å². The van der Waals surface area contributed by atoms with Crippen molar-refractivity contribution in [3.05, 3.63) is 70.3 Å². The van der Waals surface area contributed by atoms with Crippen molar-refractivity contribution in [2.45, 2.75) is 24.7 Å². The minimum absolute atomic E-state index is 0.0982. The van der Waals surface area contributed by atoms with Crippen LogP contribution < -0.4 is 10.6 Å². The SMILES string of the molecule is O=C(Nc1cc(Br)ccc1O)c1cc2n(n1)[C@H](C(F)(F)F)C[C@@H](c1ccccc1)N2. The minimum atomic E-state index is -4.54. The number of phenolic OH excluding ortho intramolecular Hbond substituents is 1. The molecule has 6 nitrogen and oxygen atoms in total. The number of benzene rings is 2. The maximum Gasteiger partial charge on any atom is 0.410 e. The summed E-state index contributed by atoms with van der Waals surface area (Å²) >= 11 is 3.23. The van der Waals surface area contributed by atoms with Gasteiger partial charge in [-0.1, -0.05) is 46.3 Å². The number of halogens is 4. The molecule has 0 aliphatic carbocycles. The number of rotatable bonds is 3. The van der Waals surface area contributed by atoms with E-state index in [-0.39, 0.29) is 29.4 Å². The molecule has 0 saturated carbocycles. The van der Waals surface area contributed by atoms with Gasteiger partial charge in [0.25, 0.3) is 5.91 Å². The lowest BCUT2D eigenvalue weighted by atomic mass is 9.97. The van der Waals surface area contributed by atoms with Crippen molar-refractivity contribution in [2.24, 2.45) is 0 Å². The van der Waals surface area contributed by atoms with Crippen LogP contribution in [0, 0.1) is 0 Å². The van der Waals surface area contributed by atoms with Crippen LogP contribution in [0.2, 0.25) is 0 Å². The third-order valence-corrected chi connectivity index (χ3v) is 5.32. The van der Waals surface area contributed by atoms with Crippen LogP contribution in [-0.2, 0) is 0 Å². The summed E-state index contributed by atoms with van der Waals surface area (Å²) in [6.07, 6.45) is -4.79. The highest BCUT2D eigenvalue weighted by Crippen LogP contribution is 2.43. The topological polar surface area (TPSA) is 79.2 Å². The van der Waals surface area contributed by atoms with E-state index >= 15 is 0 Å². The molecule has 4 rings (SSSR count). The van der Waals surface area contributed by atoms with Crippen LogP contribution in [0.25, 0.3) is 0 Å². The van der Waals surface area contributed by atoms with Crippen LogP contribution in [0.15, 0.2) is 59.1 Å². The minimum Gasteiger partial charge on any atom is -0.506 e. The summed E-state index contributed by atoms with van der Waals surface area (Å²) in [4.78, 5) is 12.6. The molecule has 1 aliphatic rings. The summed E-state index contributed by atoms with van der Waals surface area (Å²) < 4.78 is 42.6. The molecule has 0 unspecified atom stereocenters. The first-order chi connectivity index (χ1) is 14.2. The molecule has 2 atom stereocenters. The number of aromatic hydroxyl groups is 1. The van der Waals surface area contributed by atoms with Gasteiger partial charge in [-0.05, 0) is 23.8 Å². The lowest BCUT2D eigenvalue weighted by Gasteiger charge is -2.33.